The van der Waals surface area contributed by atoms with Gasteiger partial charge in [-0.15, -0.1) is 0 Å². The minimum atomic E-state index is -0.665. The number of hydrogen-bond donors (Lipinski definition) is 0. The number of carbonyl (C=O) groups is 1. The summed E-state index contributed by atoms with van der Waals surface area (Å²) in [5, 5.41) is 0.0419. The van der Waals surface area contributed by atoms with E-state index in [1.165, 1.54) is 13.8 Å². The van der Waals surface area contributed by atoms with Crippen molar-refractivity contribution in [3.05, 3.63) is 35.1 Å². The Labute approximate surface area is 84.5 Å². The first-order valence-corrected chi connectivity index (χ1v) is 4.40. The Hall–Kier alpha value is -1.71. The van der Waals surface area contributed by atoms with Crippen LogP contribution in [-0.4, -0.2) is 5.78 Å². The molecule has 0 atom stereocenters. The van der Waals surface area contributed by atoms with Crippen molar-refractivity contribution in [2.45, 2.75) is 13.8 Å². The van der Waals surface area contributed by atoms with Crippen LogP contribution in [0.2, 0.25) is 0 Å². The Morgan fingerprint density at radius 1 is 1.27 bits per heavy atom. The van der Waals surface area contributed by atoms with Gasteiger partial charge in [0.1, 0.15) is 5.82 Å². The lowest BCUT2D eigenvalue weighted by molar-refractivity contribution is 0.0988. The van der Waals surface area contributed by atoms with E-state index in [-0.39, 0.29) is 22.5 Å². The zero-order chi connectivity index (χ0) is 11.2. The molecule has 78 valence electrons. The highest BCUT2D eigenvalue weighted by atomic mass is 19.1. The highest BCUT2D eigenvalue weighted by Crippen LogP contribution is 2.29. The SMILES string of the molecule is CC(=O)c1oc2c(F)ccc(F)c2c1C. The number of benzene rings is 1. The Balaban J connectivity index is 2.93. The van der Waals surface area contributed by atoms with Gasteiger partial charge in [0.25, 0.3) is 0 Å². The van der Waals surface area contributed by atoms with Gasteiger partial charge in [-0.05, 0) is 19.1 Å². The Morgan fingerprint density at radius 3 is 2.40 bits per heavy atom. The molecule has 1 aromatic heterocycles. The van der Waals surface area contributed by atoms with Crippen molar-refractivity contribution in [2.75, 3.05) is 0 Å². The summed E-state index contributed by atoms with van der Waals surface area (Å²) in [6.07, 6.45) is 0. The molecule has 2 rings (SSSR count). The van der Waals surface area contributed by atoms with E-state index in [1.807, 2.05) is 0 Å². The standard InChI is InChI=1S/C11H8F2O2/c1-5-9-7(12)3-4-8(13)11(9)15-10(5)6(2)14/h3-4H,1-2H3. The Morgan fingerprint density at radius 2 is 1.87 bits per heavy atom. The van der Waals surface area contributed by atoms with Gasteiger partial charge in [-0.2, -0.15) is 0 Å². The molecule has 0 aliphatic heterocycles. The normalized spacial score (nSPS) is 10.9. The Bertz CT molecular complexity index is 555. The third-order valence-corrected chi connectivity index (χ3v) is 2.30. The van der Waals surface area contributed by atoms with E-state index in [9.17, 15) is 13.6 Å². The number of halogens is 2. The molecule has 0 N–H and O–H groups in total. The maximum Gasteiger partial charge on any atom is 0.195 e. The maximum absolute atomic E-state index is 13.4. The number of carbonyl (C=O) groups excluding carboxylic acids is 1. The van der Waals surface area contributed by atoms with Crippen molar-refractivity contribution >= 4 is 16.8 Å². The number of rotatable bonds is 1. The van der Waals surface area contributed by atoms with Gasteiger partial charge in [-0.25, -0.2) is 8.78 Å². The van der Waals surface area contributed by atoms with Gasteiger partial charge in [0, 0.05) is 12.5 Å². The van der Waals surface area contributed by atoms with Gasteiger partial charge in [0.2, 0.25) is 0 Å². The number of fused-ring (bicyclic) bond motifs is 1. The van der Waals surface area contributed by atoms with Crippen LogP contribution >= 0.6 is 0 Å². The monoisotopic (exact) mass is 210 g/mol. The minimum absolute atomic E-state index is 0.00833. The van der Waals surface area contributed by atoms with Crippen LogP contribution in [0.15, 0.2) is 16.5 Å². The second-order valence-corrected chi connectivity index (χ2v) is 3.35. The lowest BCUT2D eigenvalue weighted by Crippen LogP contribution is -1.90. The smallest absolute Gasteiger partial charge is 0.195 e. The average Bonchev–Trinajstić information content (AvgIpc) is 2.51. The van der Waals surface area contributed by atoms with Crippen LogP contribution < -0.4 is 0 Å². The second-order valence-electron chi connectivity index (χ2n) is 3.35. The zero-order valence-electron chi connectivity index (χ0n) is 8.23. The molecule has 0 unspecified atom stereocenters. The first kappa shape index (κ1) is 9.83. The van der Waals surface area contributed by atoms with Crippen molar-refractivity contribution in [3.8, 4) is 0 Å². The summed E-state index contributed by atoms with van der Waals surface area (Å²) in [5.74, 6) is -1.58. The zero-order valence-corrected chi connectivity index (χ0v) is 8.23. The lowest BCUT2D eigenvalue weighted by atomic mass is 10.1. The van der Waals surface area contributed by atoms with Crippen molar-refractivity contribution < 1.29 is 18.0 Å². The summed E-state index contributed by atoms with van der Waals surface area (Å²) in [6, 6.07) is 1.99. The molecule has 0 saturated heterocycles. The van der Waals surface area contributed by atoms with E-state index >= 15 is 0 Å². The van der Waals surface area contributed by atoms with Crippen LogP contribution in [0, 0.1) is 18.6 Å². The molecule has 0 fully saturated rings. The molecule has 0 aliphatic rings. The van der Waals surface area contributed by atoms with E-state index in [0.717, 1.165) is 12.1 Å². The number of Topliss-reactive ketones (excluding diaryl/α,β-unsaturated/α-hetero) is 1. The second kappa shape index (κ2) is 3.15. The molecule has 2 nitrogen and oxygen atoms in total. The van der Waals surface area contributed by atoms with Gasteiger partial charge in [-0.3, -0.25) is 4.79 Å². The fourth-order valence-corrected chi connectivity index (χ4v) is 1.61. The van der Waals surface area contributed by atoms with Crippen LogP contribution in [0.5, 0.6) is 0 Å². The Kier molecular flexibility index (Phi) is 2.07. The summed E-state index contributed by atoms with van der Waals surface area (Å²) >= 11 is 0. The maximum atomic E-state index is 13.4. The summed E-state index contributed by atoms with van der Waals surface area (Å²) in [6.45, 7) is 2.83. The number of ketones is 1. The molecular weight excluding hydrogens is 202 g/mol. The van der Waals surface area contributed by atoms with Crippen molar-refractivity contribution in [1.82, 2.24) is 0 Å². The molecule has 1 aromatic carbocycles. The van der Waals surface area contributed by atoms with E-state index in [1.54, 1.807) is 0 Å². The molecule has 0 bridgehead atoms. The summed E-state index contributed by atoms with van der Waals surface area (Å²) < 4.78 is 31.6. The number of hydrogen-bond acceptors (Lipinski definition) is 2. The summed E-state index contributed by atoms with van der Waals surface area (Å²) in [7, 11) is 0. The van der Waals surface area contributed by atoms with Gasteiger partial charge in [0.05, 0.1) is 5.39 Å². The van der Waals surface area contributed by atoms with Gasteiger partial charge < -0.3 is 4.42 Å². The molecular formula is C11H8F2O2. The van der Waals surface area contributed by atoms with Crippen molar-refractivity contribution in [1.29, 1.82) is 0 Å². The molecule has 0 amide bonds. The molecule has 4 heteroatoms. The quantitative estimate of drug-likeness (QED) is 0.676. The average molecular weight is 210 g/mol. The molecule has 1 heterocycles. The van der Waals surface area contributed by atoms with E-state index < -0.39 is 11.6 Å². The third kappa shape index (κ3) is 1.33. The van der Waals surface area contributed by atoms with Crippen molar-refractivity contribution in [2.24, 2.45) is 0 Å². The molecule has 2 aromatic rings. The van der Waals surface area contributed by atoms with Gasteiger partial charge in [0.15, 0.2) is 22.9 Å². The minimum Gasteiger partial charge on any atom is -0.449 e. The summed E-state index contributed by atoms with van der Waals surface area (Å²) in [5.41, 5.74) is 0.146. The van der Waals surface area contributed by atoms with Crippen LogP contribution in [0.3, 0.4) is 0 Å². The lowest BCUT2D eigenvalue weighted by Gasteiger charge is -1.93. The highest BCUT2D eigenvalue weighted by molar-refractivity contribution is 5.99. The fourth-order valence-electron chi connectivity index (χ4n) is 1.61. The number of furan rings is 1. The first-order valence-electron chi connectivity index (χ1n) is 4.40. The van der Waals surface area contributed by atoms with E-state index in [2.05, 4.69) is 0 Å². The van der Waals surface area contributed by atoms with Crippen LogP contribution in [0.25, 0.3) is 11.0 Å². The molecule has 0 radical (unpaired) electrons. The van der Waals surface area contributed by atoms with E-state index in [4.69, 9.17) is 4.42 Å². The van der Waals surface area contributed by atoms with Crippen LogP contribution in [0.1, 0.15) is 23.0 Å². The fraction of sp³-hybridized carbons (Fsp3) is 0.182. The molecule has 15 heavy (non-hydrogen) atoms. The molecule has 0 spiro atoms. The predicted octanol–water partition coefficient (Wildman–Crippen LogP) is 3.22. The van der Waals surface area contributed by atoms with Gasteiger partial charge >= 0.3 is 0 Å². The largest absolute Gasteiger partial charge is 0.449 e. The summed E-state index contributed by atoms with van der Waals surface area (Å²) in [4.78, 5) is 11.1. The van der Waals surface area contributed by atoms with Gasteiger partial charge in [-0.1, -0.05) is 0 Å². The predicted molar refractivity (Wildman–Crippen MR) is 50.9 cm³/mol. The molecule has 0 aliphatic carbocycles. The number of aryl methyl sites for hydroxylation is 1. The van der Waals surface area contributed by atoms with Crippen LogP contribution in [-0.2, 0) is 0 Å². The highest BCUT2D eigenvalue weighted by Gasteiger charge is 2.19. The van der Waals surface area contributed by atoms with E-state index in [0.29, 0.717) is 5.56 Å². The topological polar surface area (TPSA) is 30.2 Å². The van der Waals surface area contributed by atoms with Crippen molar-refractivity contribution in [3.63, 3.8) is 0 Å². The molecule has 0 saturated carbocycles. The first-order chi connectivity index (χ1) is 7.02. The third-order valence-electron chi connectivity index (χ3n) is 2.30. The van der Waals surface area contributed by atoms with Crippen LogP contribution in [0.4, 0.5) is 8.78 Å².